The molecule has 3 aromatic carbocycles. The minimum absolute atomic E-state index is 0.0570. The highest BCUT2D eigenvalue weighted by Crippen LogP contribution is 2.40. The van der Waals surface area contributed by atoms with Crippen molar-refractivity contribution in [3.05, 3.63) is 101 Å². The van der Waals surface area contributed by atoms with E-state index < -0.39 is 11.6 Å². The first-order valence-electron chi connectivity index (χ1n) is 14.0. The lowest BCUT2D eigenvalue weighted by Crippen LogP contribution is -2.15. The second kappa shape index (κ2) is 13.6. The number of allylic oxidation sites excluding steroid dienone is 1. The van der Waals surface area contributed by atoms with Gasteiger partial charge in [0.1, 0.15) is 0 Å². The summed E-state index contributed by atoms with van der Waals surface area (Å²) in [4.78, 5) is 0. The van der Waals surface area contributed by atoms with Crippen LogP contribution >= 0.6 is 0 Å². The van der Waals surface area contributed by atoms with E-state index in [1.807, 2.05) is 0 Å². The van der Waals surface area contributed by atoms with Gasteiger partial charge in [0.05, 0.1) is 6.26 Å². The molecule has 0 atom stereocenters. The maximum absolute atomic E-state index is 14.7. The van der Waals surface area contributed by atoms with Crippen LogP contribution < -0.4 is 4.74 Å². The molecule has 0 N–H and O–H groups in total. The molecular formula is C34H40F2O. The van der Waals surface area contributed by atoms with Gasteiger partial charge in [-0.05, 0) is 104 Å². The summed E-state index contributed by atoms with van der Waals surface area (Å²) in [6, 6.07) is 21.2. The van der Waals surface area contributed by atoms with Gasteiger partial charge in [0.2, 0.25) is 5.82 Å². The molecule has 1 fully saturated rings. The van der Waals surface area contributed by atoms with Crippen LogP contribution in [0.1, 0.15) is 87.8 Å². The van der Waals surface area contributed by atoms with E-state index in [-0.39, 0.29) is 11.7 Å². The fourth-order valence-electron chi connectivity index (χ4n) is 5.53. The van der Waals surface area contributed by atoms with Gasteiger partial charge < -0.3 is 4.74 Å². The van der Waals surface area contributed by atoms with E-state index >= 15 is 0 Å². The van der Waals surface area contributed by atoms with Gasteiger partial charge in [0.25, 0.3) is 0 Å². The van der Waals surface area contributed by atoms with Gasteiger partial charge >= 0.3 is 0 Å². The van der Waals surface area contributed by atoms with E-state index in [9.17, 15) is 8.78 Å². The largest absolute Gasteiger partial charge is 0.462 e. The standard InChI is InChI=1S/C34H40F2O/c1-3-5-6-7-25-10-16-28(17-11-25)29-18-12-26(13-19-29)8-9-27-14-20-30(21-15-27)31-22-23-32(37-24-4-2)34(36)33(31)35/h4,10-13,16-19,22-24,27,30H,3,5-9,14-15,20-21H2,1-2H3/b24-4+. The van der Waals surface area contributed by atoms with Gasteiger partial charge in [-0.15, -0.1) is 0 Å². The lowest BCUT2D eigenvalue weighted by molar-refractivity contribution is 0.304. The molecule has 0 amide bonds. The van der Waals surface area contributed by atoms with Crippen LogP contribution in [0.2, 0.25) is 0 Å². The monoisotopic (exact) mass is 502 g/mol. The summed E-state index contributed by atoms with van der Waals surface area (Å²) >= 11 is 0. The number of halogens is 2. The molecule has 0 aliphatic heterocycles. The molecule has 3 heteroatoms. The molecule has 0 heterocycles. The Morgan fingerprint density at radius 2 is 1.38 bits per heavy atom. The molecule has 0 spiro atoms. The zero-order chi connectivity index (χ0) is 26.0. The Hall–Kier alpha value is -2.94. The third kappa shape index (κ3) is 7.31. The number of rotatable bonds is 11. The van der Waals surface area contributed by atoms with Crippen molar-refractivity contribution in [1.82, 2.24) is 0 Å². The second-order valence-electron chi connectivity index (χ2n) is 10.5. The van der Waals surface area contributed by atoms with Crippen molar-refractivity contribution in [1.29, 1.82) is 0 Å². The Bertz CT molecular complexity index is 1140. The molecule has 3 aromatic rings. The van der Waals surface area contributed by atoms with Gasteiger partial charge in [0.15, 0.2) is 11.6 Å². The molecule has 196 valence electrons. The number of hydrogen-bond donors (Lipinski definition) is 0. The molecule has 1 nitrogen and oxygen atoms in total. The maximum atomic E-state index is 14.7. The topological polar surface area (TPSA) is 9.23 Å². The zero-order valence-electron chi connectivity index (χ0n) is 22.3. The quantitative estimate of drug-likeness (QED) is 0.187. The smallest absolute Gasteiger partial charge is 0.201 e. The molecule has 0 aromatic heterocycles. The molecule has 37 heavy (non-hydrogen) atoms. The van der Waals surface area contributed by atoms with Crippen LogP contribution in [0.3, 0.4) is 0 Å². The van der Waals surface area contributed by atoms with E-state index in [1.165, 1.54) is 54.2 Å². The van der Waals surface area contributed by atoms with Crippen LogP contribution in [0, 0.1) is 17.6 Å². The molecule has 0 bridgehead atoms. The first-order valence-corrected chi connectivity index (χ1v) is 14.0. The average molecular weight is 503 g/mol. The highest BCUT2D eigenvalue weighted by atomic mass is 19.2. The van der Waals surface area contributed by atoms with Crippen LogP contribution in [0.4, 0.5) is 8.78 Å². The molecule has 4 rings (SSSR count). The van der Waals surface area contributed by atoms with Crippen molar-refractivity contribution in [3.63, 3.8) is 0 Å². The van der Waals surface area contributed by atoms with Crippen molar-refractivity contribution in [2.45, 2.75) is 84.0 Å². The minimum Gasteiger partial charge on any atom is -0.462 e. The Morgan fingerprint density at radius 3 is 1.97 bits per heavy atom. The van der Waals surface area contributed by atoms with Crippen LogP contribution in [-0.2, 0) is 12.8 Å². The van der Waals surface area contributed by atoms with Crippen LogP contribution in [0.5, 0.6) is 5.75 Å². The van der Waals surface area contributed by atoms with E-state index in [2.05, 4.69) is 55.5 Å². The summed E-state index contributed by atoms with van der Waals surface area (Å²) in [6.45, 7) is 4.01. The number of hydrogen-bond acceptors (Lipinski definition) is 1. The fraction of sp³-hybridized carbons (Fsp3) is 0.412. The lowest BCUT2D eigenvalue weighted by Gasteiger charge is -2.29. The molecule has 0 unspecified atom stereocenters. The number of benzene rings is 3. The number of unbranched alkanes of at least 4 members (excludes halogenated alkanes) is 2. The van der Waals surface area contributed by atoms with E-state index in [4.69, 9.17) is 4.74 Å². The predicted molar refractivity (Wildman–Crippen MR) is 150 cm³/mol. The van der Waals surface area contributed by atoms with Crippen LogP contribution in [0.15, 0.2) is 73.0 Å². The first-order chi connectivity index (χ1) is 18.1. The molecular weight excluding hydrogens is 462 g/mol. The summed E-state index contributed by atoms with van der Waals surface area (Å²) < 4.78 is 34.3. The Kier molecular flexibility index (Phi) is 9.93. The predicted octanol–water partition coefficient (Wildman–Crippen LogP) is 10.2. The molecule has 0 saturated heterocycles. The van der Waals surface area contributed by atoms with Crippen molar-refractivity contribution >= 4 is 0 Å². The Morgan fingerprint density at radius 1 is 0.757 bits per heavy atom. The summed E-state index contributed by atoms with van der Waals surface area (Å²) in [5.74, 6) is -0.973. The van der Waals surface area contributed by atoms with E-state index in [0.717, 1.165) is 38.5 Å². The van der Waals surface area contributed by atoms with Crippen molar-refractivity contribution in [2.24, 2.45) is 5.92 Å². The maximum Gasteiger partial charge on any atom is 0.201 e. The average Bonchev–Trinajstić information content (AvgIpc) is 2.94. The Labute approximate surface area is 221 Å². The second-order valence-corrected chi connectivity index (χ2v) is 10.5. The summed E-state index contributed by atoms with van der Waals surface area (Å²) in [5.41, 5.74) is 5.82. The van der Waals surface area contributed by atoms with E-state index in [0.29, 0.717) is 11.5 Å². The number of ether oxygens (including phenoxy) is 1. The van der Waals surface area contributed by atoms with Crippen molar-refractivity contribution in [2.75, 3.05) is 0 Å². The van der Waals surface area contributed by atoms with Crippen molar-refractivity contribution < 1.29 is 13.5 Å². The Balaban J connectivity index is 1.25. The first kappa shape index (κ1) is 27.1. The molecule has 1 aliphatic carbocycles. The summed E-state index contributed by atoms with van der Waals surface area (Å²) in [5, 5.41) is 0. The minimum atomic E-state index is -0.885. The van der Waals surface area contributed by atoms with Crippen molar-refractivity contribution in [3.8, 4) is 16.9 Å². The van der Waals surface area contributed by atoms with Gasteiger partial charge in [-0.2, -0.15) is 4.39 Å². The normalized spacial score (nSPS) is 17.8. The molecule has 1 aliphatic rings. The highest BCUT2D eigenvalue weighted by Gasteiger charge is 2.26. The molecule has 1 saturated carbocycles. The SMILES string of the molecule is C/C=C/Oc1ccc(C2CCC(CCc3ccc(-c4ccc(CCCCC)cc4)cc3)CC2)c(F)c1F. The number of aryl methyl sites for hydroxylation is 2. The molecule has 0 radical (unpaired) electrons. The zero-order valence-corrected chi connectivity index (χ0v) is 22.3. The lowest BCUT2D eigenvalue weighted by atomic mass is 9.76. The summed E-state index contributed by atoms with van der Waals surface area (Å²) in [6.07, 6.45) is 14.1. The highest BCUT2D eigenvalue weighted by molar-refractivity contribution is 5.64. The fourth-order valence-corrected chi connectivity index (χ4v) is 5.53. The van der Waals surface area contributed by atoms with Gasteiger partial charge in [0, 0.05) is 0 Å². The van der Waals surface area contributed by atoms with Gasteiger partial charge in [-0.1, -0.05) is 80.4 Å². The van der Waals surface area contributed by atoms with Gasteiger partial charge in [-0.3, -0.25) is 0 Å². The van der Waals surface area contributed by atoms with Gasteiger partial charge in [-0.25, -0.2) is 4.39 Å². The third-order valence-electron chi connectivity index (χ3n) is 7.85. The third-order valence-corrected chi connectivity index (χ3v) is 7.85. The summed E-state index contributed by atoms with van der Waals surface area (Å²) in [7, 11) is 0. The van der Waals surface area contributed by atoms with Crippen LogP contribution in [-0.4, -0.2) is 0 Å². The van der Waals surface area contributed by atoms with Crippen LogP contribution in [0.25, 0.3) is 11.1 Å². The van der Waals surface area contributed by atoms with E-state index in [1.54, 1.807) is 25.1 Å².